The second kappa shape index (κ2) is 8.62. The molecule has 1 aromatic carbocycles. The number of carbonyl (C=O) groups is 1. The monoisotopic (exact) mass is 338 g/mol. The first-order chi connectivity index (χ1) is 12.2. The van der Waals surface area contributed by atoms with Gasteiger partial charge < -0.3 is 10.6 Å². The summed E-state index contributed by atoms with van der Waals surface area (Å²) in [6.07, 6.45) is 5.97. The van der Waals surface area contributed by atoms with Gasteiger partial charge in [0.1, 0.15) is 0 Å². The lowest BCUT2D eigenvalue weighted by Gasteiger charge is -2.28. The maximum atomic E-state index is 12.3. The van der Waals surface area contributed by atoms with Crippen molar-refractivity contribution in [2.75, 3.05) is 19.6 Å². The molecule has 0 bridgehead atoms. The number of amides is 2. The van der Waals surface area contributed by atoms with Crippen molar-refractivity contribution in [1.29, 1.82) is 0 Å². The Balaban J connectivity index is 1.58. The maximum Gasteiger partial charge on any atom is 0.315 e. The summed E-state index contributed by atoms with van der Waals surface area (Å²) in [6, 6.07) is 14.3. The molecule has 0 radical (unpaired) electrons. The normalized spacial score (nSPS) is 17.0. The summed E-state index contributed by atoms with van der Waals surface area (Å²) < 4.78 is 0. The number of carbonyl (C=O) groups excluding carboxylic acids is 1. The summed E-state index contributed by atoms with van der Waals surface area (Å²) in [5.41, 5.74) is 2.25. The molecule has 0 spiro atoms. The topological polar surface area (TPSA) is 57.3 Å². The zero-order valence-corrected chi connectivity index (χ0v) is 14.7. The highest BCUT2D eigenvalue weighted by Crippen LogP contribution is 2.24. The van der Waals surface area contributed by atoms with Gasteiger partial charge in [-0.2, -0.15) is 0 Å². The Kier molecular flexibility index (Phi) is 6.01. The van der Waals surface area contributed by atoms with Crippen molar-refractivity contribution in [3.63, 3.8) is 0 Å². The van der Waals surface area contributed by atoms with Crippen molar-refractivity contribution in [1.82, 2.24) is 20.5 Å². The number of rotatable bonds is 6. The molecule has 1 fully saturated rings. The number of hydrogen-bond donors (Lipinski definition) is 2. The zero-order chi connectivity index (χ0) is 17.5. The van der Waals surface area contributed by atoms with Crippen LogP contribution in [0.5, 0.6) is 0 Å². The van der Waals surface area contributed by atoms with Crippen LogP contribution in [-0.2, 0) is 0 Å². The number of likely N-dealkylation sites (tertiary alicyclic amines) is 1. The molecule has 1 aromatic heterocycles. The van der Waals surface area contributed by atoms with Crippen LogP contribution in [0.15, 0.2) is 54.9 Å². The van der Waals surface area contributed by atoms with Crippen molar-refractivity contribution < 1.29 is 4.79 Å². The molecule has 5 heteroatoms. The Bertz CT molecular complexity index is 656. The fourth-order valence-corrected chi connectivity index (χ4v) is 3.34. The van der Waals surface area contributed by atoms with Crippen LogP contribution in [0.25, 0.3) is 0 Å². The van der Waals surface area contributed by atoms with E-state index in [0.29, 0.717) is 6.54 Å². The summed E-state index contributed by atoms with van der Waals surface area (Å²) in [5, 5.41) is 6.03. The Labute approximate surface area is 149 Å². The van der Waals surface area contributed by atoms with E-state index in [1.807, 2.05) is 25.1 Å². The largest absolute Gasteiger partial charge is 0.336 e. The molecule has 25 heavy (non-hydrogen) atoms. The minimum atomic E-state index is -0.142. The van der Waals surface area contributed by atoms with Crippen LogP contribution in [0.4, 0.5) is 4.79 Å². The lowest BCUT2D eigenvalue weighted by atomic mass is 10.1. The molecule has 0 saturated carbocycles. The molecule has 132 valence electrons. The number of nitrogens with zero attached hydrogens (tertiary/aromatic N) is 2. The minimum absolute atomic E-state index is 0.0735. The third kappa shape index (κ3) is 4.79. The average Bonchev–Trinajstić information content (AvgIpc) is 3.18. The molecule has 0 aliphatic carbocycles. The molecule has 5 nitrogen and oxygen atoms in total. The van der Waals surface area contributed by atoms with E-state index >= 15 is 0 Å². The summed E-state index contributed by atoms with van der Waals surface area (Å²) in [7, 11) is 0. The van der Waals surface area contributed by atoms with E-state index in [0.717, 1.165) is 18.7 Å². The van der Waals surface area contributed by atoms with Gasteiger partial charge in [0.05, 0.1) is 12.1 Å². The molecule has 2 amide bonds. The predicted molar refractivity (Wildman–Crippen MR) is 99.2 cm³/mol. The van der Waals surface area contributed by atoms with E-state index in [1.54, 1.807) is 12.4 Å². The average molecular weight is 338 g/mol. The second-order valence-electron chi connectivity index (χ2n) is 6.53. The first kappa shape index (κ1) is 17.4. The molecule has 2 heterocycles. The van der Waals surface area contributed by atoms with Crippen LogP contribution in [0.1, 0.15) is 43.0 Å². The molecule has 1 aliphatic heterocycles. The van der Waals surface area contributed by atoms with Gasteiger partial charge in [0, 0.05) is 18.9 Å². The standard InChI is InChI=1S/C20H26N4O/c1-16(18-10-7-11-21-14-18)23-20(25)22-15-19(24-12-5-6-13-24)17-8-3-2-4-9-17/h2-4,7-11,14,16,19H,5-6,12-13,15H2,1H3,(H2,22,23,25)/t16-,19+/m1/s1. The van der Waals surface area contributed by atoms with Gasteiger partial charge in [-0.05, 0) is 50.0 Å². The molecule has 2 N–H and O–H groups in total. The van der Waals surface area contributed by atoms with Gasteiger partial charge in [0.15, 0.2) is 0 Å². The molecule has 2 atom stereocenters. The van der Waals surface area contributed by atoms with E-state index in [4.69, 9.17) is 0 Å². The minimum Gasteiger partial charge on any atom is -0.336 e. The third-order valence-corrected chi connectivity index (χ3v) is 4.75. The predicted octanol–water partition coefficient (Wildman–Crippen LogP) is 3.28. The summed E-state index contributed by atoms with van der Waals surface area (Å²) in [6.45, 7) is 4.76. The fourth-order valence-electron chi connectivity index (χ4n) is 3.34. The molecular formula is C20H26N4O. The van der Waals surface area contributed by atoms with Crippen molar-refractivity contribution in [3.8, 4) is 0 Å². The lowest BCUT2D eigenvalue weighted by Crippen LogP contribution is -2.42. The molecule has 1 aliphatic rings. The van der Waals surface area contributed by atoms with Crippen LogP contribution < -0.4 is 10.6 Å². The molecule has 0 unspecified atom stereocenters. The van der Waals surface area contributed by atoms with Gasteiger partial charge in [-0.3, -0.25) is 9.88 Å². The first-order valence-electron chi connectivity index (χ1n) is 8.97. The second-order valence-corrected chi connectivity index (χ2v) is 6.53. The Morgan fingerprint density at radius 1 is 1.12 bits per heavy atom. The van der Waals surface area contributed by atoms with Crippen LogP contribution in [0.3, 0.4) is 0 Å². The van der Waals surface area contributed by atoms with E-state index in [9.17, 15) is 4.79 Å². The van der Waals surface area contributed by atoms with Crippen LogP contribution in [0.2, 0.25) is 0 Å². The Morgan fingerprint density at radius 3 is 2.52 bits per heavy atom. The lowest BCUT2D eigenvalue weighted by molar-refractivity contribution is 0.219. The third-order valence-electron chi connectivity index (χ3n) is 4.75. The van der Waals surface area contributed by atoms with Gasteiger partial charge >= 0.3 is 6.03 Å². The number of pyridine rings is 1. The van der Waals surface area contributed by atoms with Crippen LogP contribution in [-0.4, -0.2) is 35.5 Å². The Morgan fingerprint density at radius 2 is 1.84 bits per heavy atom. The fraction of sp³-hybridized carbons (Fsp3) is 0.400. The molecular weight excluding hydrogens is 312 g/mol. The number of hydrogen-bond acceptors (Lipinski definition) is 3. The highest BCUT2D eigenvalue weighted by Gasteiger charge is 2.24. The Hall–Kier alpha value is -2.40. The maximum absolute atomic E-state index is 12.3. The van der Waals surface area contributed by atoms with E-state index < -0.39 is 0 Å². The summed E-state index contributed by atoms with van der Waals surface area (Å²) in [5.74, 6) is 0. The molecule has 1 saturated heterocycles. The van der Waals surface area contributed by atoms with E-state index in [-0.39, 0.29) is 18.1 Å². The number of benzene rings is 1. The van der Waals surface area contributed by atoms with Crippen molar-refractivity contribution in [3.05, 3.63) is 66.0 Å². The summed E-state index contributed by atoms with van der Waals surface area (Å²) in [4.78, 5) is 18.9. The SMILES string of the molecule is C[C@@H](NC(=O)NC[C@@H](c1ccccc1)N1CCCC1)c1cccnc1. The van der Waals surface area contributed by atoms with Crippen molar-refractivity contribution in [2.45, 2.75) is 31.8 Å². The van der Waals surface area contributed by atoms with Gasteiger partial charge in [-0.1, -0.05) is 36.4 Å². The highest BCUT2D eigenvalue weighted by molar-refractivity contribution is 5.74. The van der Waals surface area contributed by atoms with Crippen LogP contribution in [0, 0.1) is 0 Å². The number of nitrogens with one attached hydrogen (secondary N) is 2. The quantitative estimate of drug-likeness (QED) is 0.850. The van der Waals surface area contributed by atoms with Crippen LogP contribution >= 0.6 is 0 Å². The smallest absolute Gasteiger partial charge is 0.315 e. The molecule has 3 rings (SSSR count). The van der Waals surface area contributed by atoms with Gasteiger partial charge in [0.2, 0.25) is 0 Å². The van der Waals surface area contributed by atoms with Gasteiger partial charge in [-0.25, -0.2) is 4.79 Å². The number of urea groups is 1. The zero-order valence-electron chi connectivity index (χ0n) is 14.7. The van der Waals surface area contributed by atoms with Crippen molar-refractivity contribution in [2.24, 2.45) is 0 Å². The first-order valence-corrected chi connectivity index (χ1v) is 8.97. The van der Waals surface area contributed by atoms with Gasteiger partial charge in [-0.15, -0.1) is 0 Å². The van der Waals surface area contributed by atoms with Gasteiger partial charge in [0.25, 0.3) is 0 Å². The highest BCUT2D eigenvalue weighted by atomic mass is 16.2. The molecule has 2 aromatic rings. The van der Waals surface area contributed by atoms with E-state index in [2.05, 4.69) is 44.8 Å². The van der Waals surface area contributed by atoms with E-state index in [1.165, 1.54) is 18.4 Å². The number of aromatic nitrogens is 1. The van der Waals surface area contributed by atoms with Crippen molar-refractivity contribution >= 4 is 6.03 Å². The summed E-state index contributed by atoms with van der Waals surface area (Å²) >= 11 is 0.